The Morgan fingerprint density at radius 3 is 2.44 bits per heavy atom. The number of benzene rings is 1. The van der Waals surface area contributed by atoms with Crippen molar-refractivity contribution in [2.75, 3.05) is 26.7 Å². The average Bonchev–Trinajstić information content (AvgIpc) is 3.18. The first-order valence-corrected chi connectivity index (χ1v) is 9.94. The van der Waals surface area contributed by atoms with Gasteiger partial charge in [-0.25, -0.2) is 0 Å². The number of halogens is 2. The van der Waals surface area contributed by atoms with Gasteiger partial charge in [-0.3, -0.25) is 14.4 Å². The first-order valence-electron chi connectivity index (χ1n) is 9.18. The topological polar surface area (TPSA) is 69.7 Å². The van der Waals surface area contributed by atoms with Gasteiger partial charge in [0.15, 0.2) is 0 Å². The molecule has 0 bridgehead atoms. The Kier molecular flexibility index (Phi) is 6.27. The number of carbonyl (C=O) groups excluding carboxylic acids is 3. The van der Waals surface area contributed by atoms with Gasteiger partial charge in [0.2, 0.25) is 11.8 Å². The molecule has 3 rings (SSSR count). The van der Waals surface area contributed by atoms with Crippen LogP contribution < -0.4 is 5.32 Å². The lowest BCUT2D eigenvalue weighted by Crippen LogP contribution is -2.51. The maximum atomic E-state index is 13.0. The van der Waals surface area contributed by atoms with Crippen molar-refractivity contribution in [3.63, 3.8) is 0 Å². The monoisotopic (exact) mass is 411 g/mol. The lowest BCUT2D eigenvalue weighted by Gasteiger charge is -2.35. The van der Waals surface area contributed by atoms with Gasteiger partial charge in [-0.15, -0.1) is 0 Å². The van der Waals surface area contributed by atoms with Crippen molar-refractivity contribution < 1.29 is 14.4 Å². The molecule has 3 amide bonds. The lowest BCUT2D eigenvalue weighted by molar-refractivity contribution is -0.138. The summed E-state index contributed by atoms with van der Waals surface area (Å²) in [5, 5.41) is 3.42. The molecule has 0 aliphatic carbocycles. The van der Waals surface area contributed by atoms with Crippen LogP contribution in [0.15, 0.2) is 18.2 Å². The van der Waals surface area contributed by atoms with Crippen molar-refractivity contribution in [1.82, 2.24) is 15.1 Å². The summed E-state index contributed by atoms with van der Waals surface area (Å²) in [6.07, 6.45) is 2.70. The molecule has 2 fully saturated rings. The molecule has 8 heteroatoms. The third-order valence-electron chi connectivity index (χ3n) is 5.38. The van der Waals surface area contributed by atoms with E-state index < -0.39 is 6.04 Å². The molecule has 146 valence electrons. The zero-order chi connectivity index (χ0) is 19.6. The third kappa shape index (κ3) is 4.22. The van der Waals surface area contributed by atoms with Crippen LogP contribution in [0.3, 0.4) is 0 Å². The van der Waals surface area contributed by atoms with Crippen LogP contribution in [0.4, 0.5) is 0 Å². The third-order valence-corrected chi connectivity index (χ3v) is 5.95. The van der Waals surface area contributed by atoms with E-state index in [4.69, 9.17) is 23.2 Å². The summed E-state index contributed by atoms with van der Waals surface area (Å²) >= 11 is 12.2. The van der Waals surface area contributed by atoms with E-state index in [2.05, 4.69) is 5.32 Å². The number of rotatable bonds is 3. The molecule has 1 atom stereocenters. The zero-order valence-electron chi connectivity index (χ0n) is 15.2. The second kappa shape index (κ2) is 8.48. The molecule has 1 N–H and O–H groups in total. The molecule has 1 aromatic rings. The summed E-state index contributed by atoms with van der Waals surface area (Å²) in [6.45, 7) is 1.59. The second-order valence-electron chi connectivity index (χ2n) is 6.99. The van der Waals surface area contributed by atoms with Gasteiger partial charge in [-0.05, 0) is 43.9 Å². The highest BCUT2D eigenvalue weighted by atomic mass is 35.5. The fourth-order valence-electron chi connectivity index (χ4n) is 3.86. The van der Waals surface area contributed by atoms with Crippen LogP contribution >= 0.6 is 23.2 Å². The lowest BCUT2D eigenvalue weighted by atomic mass is 9.95. The number of likely N-dealkylation sites (tertiary alicyclic amines) is 2. The normalized spacial score (nSPS) is 20.6. The molecule has 2 aliphatic heterocycles. The van der Waals surface area contributed by atoms with Crippen LogP contribution in [-0.2, 0) is 9.59 Å². The maximum Gasteiger partial charge on any atom is 0.256 e. The standard InChI is InChI=1S/C19H23Cl2N3O3/c1-22-17(25)12-6-9-23(10-7-12)19(27)16-3-2-8-24(16)18(26)14-11-13(20)4-5-15(14)21/h4-5,11-12,16H,2-3,6-10H2,1H3,(H,22,25)/t16-/m0/s1. The van der Waals surface area contributed by atoms with Crippen molar-refractivity contribution in [2.24, 2.45) is 5.92 Å². The van der Waals surface area contributed by atoms with Crippen LogP contribution in [0.5, 0.6) is 0 Å². The van der Waals surface area contributed by atoms with E-state index in [0.717, 1.165) is 6.42 Å². The quantitative estimate of drug-likeness (QED) is 0.830. The van der Waals surface area contributed by atoms with Gasteiger partial charge in [0, 0.05) is 37.6 Å². The van der Waals surface area contributed by atoms with Crippen LogP contribution in [0.1, 0.15) is 36.0 Å². The molecule has 0 aromatic heterocycles. The molecule has 2 aliphatic rings. The number of amides is 3. The molecule has 1 aromatic carbocycles. The summed E-state index contributed by atoms with van der Waals surface area (Å²) < 4.78 is 0. The molecule has 0 spiro atoms. The molecule has 0 unspecified atom stereocenters. The molecule has 6 nitrogen and oxygen atoms in total. The van der Waals surface area contributed by atoms with Gasteiger partial charge in [0.25, 0.3) is 5.91 Å². The first-order chi connectivity index (χ1) is 12.9. The van der Waals surface area contributed by atoms with Crippen LogP contribution in [0.25, 0.3) is 0 Å². The maximum absolute atomic E-state index is 13.0. The van der Waals surface area contributed by atoms with Gasteiger partial charge in [0.05, 0.1) is 10.6 Å². The van der Waals surface area contributed by atoms with Gasteiger partial charge in [-0.2, -0.15) is 0 Å². The van der Waals surface area contributed by atoms with Gasteiger partial charge < -0.3 is 15.1 Å². The molecular formula is C19H23Cl2N3O3. The van der Waals surface area contributed by atoms with E-state index in [9.17, 15) is 14.4 Å². The number of hydrogen-bond acceptors (Lipinski definition) is 3. The second-order valence-corrected chi connectivity index (χ2v) is 7.84. The Morgan fingerprint density at radius 1 is 1.07 bits per heavy atom. The van der Waals surface area contributed by atoms with E-state index in [1.54, 1.807) is 35.0 Å². The molecule has 0 radical (unpaired) electrons. The van der Waals surface area contributed by atoms with E-state index in [1.807, 2.05) is 0 Å². The van der Waals surface area contributed by atoms with Crippen LogP contribution in [0, 0.1) is 5.92 Å². The molecule has 27 heavy (non-hydrogen) atoms. The minimum Gasteiger partial charge on any atom is -0.359 e. The largest absolute Gasteiger partial charge is 0.359 e. The highest BCUT2D eigenvalue weighted by molar-refractivity contribution is 6.35. The van der Waals surface area contributed by atoms with Crippen molar-refractivity contribution in [1.29, 1.82) is 0 Å². The Hall–Kier alpha value is -1.79. The summed E-state index contributed by atoms with van der Waals surface area (Å²) in [4.78, 5) is 41.1. The van der Waals surface area contributed by atoms with Crippen molar-refractivity contribution in [2.45, 2.75) is 31.7 Å². The summed E-state index contributed by atoms with van der Waals surface area (Å²) in [5.74, 6) is -0.339. The number of carbonyl (C=O) groups is 3. The Morgan fingerprint density at radius 2 is 1.78 bits per heavy atom. The highest BCUT2D eigenvalue weighted by Gasteiger charge is 2.38. The number of nitrogens with zero attached hydrogens (tertiary/aromatic N) is 2. The molecule has 0 saturated carbocycles. The fourth-order valence-corrected chi connectivity index (χ4v) is 4.23. The zero-order valence-corrected chi connectivity index (χ0v) is 16.7. The van der Waals surface area contributed by atoms with E-state index >= 15 is 0 Å². The predicted molar refractivity (Wildman–Crippen MR) is 104 cm³/mol. The fraction of sp³-hybridized carbons (Fsp3) is 0.526. The van der Waals surface area contributed by atoms with E-state index in [-0.39, 0.29) is 23.6 Å². The minimum absolute atomic E-state index is 0.0235. The van der Waals surface area contributed by atoms with Gasteiger partial charge in [0.1, 0.15) is 6.04 Å². The van der Waals surface area contributed by atoms with E-state index in [1.165, 1.54) is 0 Å². The Labute approximate surface area is 168 Å². The van der Waals surface area contributed by atoms with Gasteiger partial charge >= 0.3 is 0 Å². The number of nitrogens with one attached hydrogen (secondary N) is 1. The average molecular weight is 412 g/mol. The Balaban J connectivity index is 1.69. The first kappa shape index (κ1) is 20.0. The minimum atomic E-state index is -0.482. The Bertz CT molecular complexity index is 748. The summed E-state index contributed by atoms with van der Waals surface area (Å²) in [7, 11) is 1.63. The van der Waals surface area contributed by atoms with Gasteiger partial charge in [-0.1, -0.05) is 23.2 Å². The van der Waals surface area contributed by atoms with Crippen molar-refractivity contribution >= 4 is 40.9 Å². The summed E-state index contributed by atoms with van der Waals surface area (Å²) in [6, 6.07) is 4.28. The van der Waals surface area contributed by atoms with Crippen LogP contribution in [-0.4, -0.2) is 60.2 Å². The van der Waals surface area contributed by atoms with Crippen molar-refractivity contribution in [3.05, 3.63) is 33.8 Å². The SMILES string of the molecule is CNC(=O)C1CCN(C(=O)[C@@H]2CCCN2C(=O)c2cc(Cl)ccc2Cl)CC1. The molecule has 2 heterocycles. The number of piperidine rings is 1. The molecule has 2 saturated heterocycles. The molecular weight excluding hydrogens is 389 g/mol. The predicted octanol–water partition coefficient (Wildman–Crippen LogP) is 2.58. The van der Waals surface area contributed by atoms with E-state index in [0.29, 0.717) is 54.5 Å². The smallest absolute Gasteiger partial charge is 0.256 e. The van der Waals surface area contributed by atoms with Crippen molar-refractivity contribution in [3.8, 4) is 0 Å². The van der Waals surface area contributed by atoms with Crippen LogP contribution in [0.2, 0.25) is 10.0 Å². The summed E-state index contributed by atoms with van der Waals surface area (Å²) in [5.41, 5.74) is 0.321. The highest BCUT2D eigenvalue weighted by Crippen LogP contribution is 2.28. The number of hydrogen-bond donors (Lipinski definition) is 1.